The molecule has 0 unspecified atom stereocenters. The van der Waals surface area contributed by atoms with E-state index in [2.05, 4.69) is 15.5 Å². The fourth-order valence-electron chi connectivity index (χ4n) is 3.40. The van der Waals surface area contributed by atoms with Gasteiger partial charge in [0, 0.05) is 16.8 Å². The number of aromatic nitrogens is 1. The lowest BCUT2D eigenvalue weighted by Gasteiger charge is -2.11. The zero-order valence-electron chi connectivity index (χ0n) is 17.0. The highest BCUT2D eigenvalue weighted by atomic mass is 35.5. The first kappa shape index (κ1) is 23.0. The average Bonchev–Trinajstić information content (AvgIpc) is 3.36. The number of hydrogen-bond acceptors (Lipinski definition) is 7. The predicted octanol–water partition coefficient (Wildman–Crippen LogP) is 5.31. The maximum atomic E-state index is 13.1. The number of hydrogen-bond donors (Lipinski definition) is 1. The second kappa shape index (κ2) is 9.35. The van der Waals surface area contributed by atoms with Gasteiger partial charge in [-0.3, -0.25) is 10.1 Å². The monoisotopic (exact) mass is 511 g/mol. The third-order valence-electron chi connectivity index (χ3n) is 4.99. The highest BCUT2D eigenvalue weighted by molar-refractivity contribution is 7.90. The van der Waals surface area contributed by atoms with Crippen molar-refractivity contribution in [2.75, 3.05) is 11.6 Å². The smallest absolute Gasteiger partial charge is 0.280 e. The van der Waals surface area contributed by atoms with Crippen molar-refractivity contribution in [1.29, 1.82) is 0 Å². The minimum Gasteiger partial charge on any atom is -0.392 e. The summed E-state index contributed by atoms with van der Waals surface area (Å²) in [5.74, 6) is -0.545. The van der Waals surface area contributed by atoms with E-state index in [-0.39, 0.29) is 21.7 Å². The molecule has 1 aliphatic carbocycles. The molecule has 4 rings (SSSR count). The summed E-state index contributed by atoms with van der Waals surface area (Å²) in [6, 6.07) is 9.50. The number of fused-ring (bicyclic) bond motifs is 1. The molecule has 1 aromatic heterocycles. The Morgan fingerprint density at radius 1 is 1.19 bits per heavy atom. The maximum Gasteiger partial charge on any atom is 0.280 e. The van der Waals surface area contributed by atoms with E-state index < -0.39 is 15.7 Å². The van der Waals surface area contributed by atoms with E-state index in [4.69, 9.17) is 28.0 Å². The van der Waals surface area contributed by atoms with E-state index in [1.54, 1.807) is 18.2 Å². The van der Waals surface area contributed by atoms with E-state index in [0.29, 0.717) is 21.2 Å². The van der Waals surface area contributed by atoms with Crippen LogP contribution >= 0.6 is 34.5 Å². The number of amides is 1. The Labute approximate surface area is 199 Å². The van der Waals surface area contributed by atoms with Crippen LogP contribution in [0, 0.1) is 0 Å². The fraction of sp³-hybridized carbons (Fsp3) is 0.286. The molecule has 1 fully saturated rings. The molecule has 1 amide bonds. The molecule has 0 saturated heterocycles. The second-order valence-electron chi connectivity index (χ2n) is 7.45. The average molecular weight is 512 g/mol. The summed E-state index contributed by atoms with van der Waals surface area (Å²) in [5.41, 5.74) is 1.02. The summed E-state index contributed by atoms with van der Waals surface area (Å²) in [6.45, 7) is 0. The molecule has 32 heavy (non-hydrogen) atoms. The molecule has 1 N–H and O–H groups in total. The number of sulfone groups is 1. The minimum atomic E-state index is -3.51. The first-order valence-electron chi connectivity index (χ1n) is 9.82. The number of carbonyl (C=O) groups is 1. The largest absolute Gasteiger partial charge is 0.392 e. The fourth-order valence-corrected chi connectivity index (χ4v) is 5.87. The van der Waals surface area contributed by atoms with Crippen molar-refractivity contribution < 1.29 is 18.0 Å². The summed E-state index contributed by atoms with van der Waals surface area (Å²) < 4.78 is 24.6. The number of benzene rings is 2. The number of rotatable bonds is 6. The molecule has 3 aromatic rings. The predicted molar refractivity (Wildman–Crippen MR) is 128 cm³/mol. The SMILES string of the molecule is CS(=O)(=O)c1ccc(C(=NOC2CCCC2)C(=O)Nc2nc3ccc(Cl)cc3s2)cc1Cl. The third-order valence-corrected chi connectivity index (χ3v) is 7.73. The summed E-state index contributed by atoms with van der Waals surface area (Å²) >= 11 is 13.5. The number of carbonyl (C=O) groups excluding carboxylic acids is 1. The van der Waals surface area contributed by atoms with Crippen LogP contribution in [0.15, 0.2) is 46.4 Å². The van der Waals surface area contributed by atoms with Gasteiger partial charge < -0.3 is 4.84 Å². The normalized spacial score (nSPS) is 15.3. The van der Waals surface area contributed by atoms with Crippen LogP contribution in [0.3, 0.4) is 0 Å². The molecule has 0 spiro atoms. The molecule has 1 heterocycles. The van der Waals surface area contributed by atoms with E-state index in [0.717, 1.165) is 36.6 Å². The van der Waals surface area contributed by atoms with Crippen LogP contribution in [0.25, 0.3) is 10.2 Å². The Morgan fingerprint density at radius 2 is 1.94 bits per heavy atom. The topological polar surface area (TPSA) is 97.7 Å². The van der Waals surface area contributed by atoms with Gasteiger partial charge >= 0.3 is 0 Å². The molecule has 1 saturated carbocycles. The van der Waals surface area contributed by atoms with Gasteiger partial charge in [0.1, 0.15) is 6.10 Å². The molecular formula is C21H19Cl2N3O4S2. The Morgan fingerprint density at radius 3 is 2.62 bits per heavy atom. The van der Waals surface area contributed by atoms with Crippen molar-refractivity contribution >= 4 is 71.3 Å². The lowest BCUT2D eigenvalue weighted by atomic mass is 10.1. The molecule has 0 radical (unpaired) electrons. The van der Waals surface area contributed by atoms with Crippen LogP contribution in [0.2, 0.25) is 10.0 Å². The summed E-state index contributed by atoms with van der Waals surface area (Å²) in [7, 11) is -3.51. The van der Waals surface area contributed by atoms with Gasteiger partial charge in [0.05, 0.1) is 20.1 Å². The van der Waals surface area contributed by atoms with E-state index in [1.165, 1.54) is 29.5 Å². The van der Waals surface area contributed by atoms with Crippen molar-refractivity contribution in [3.05, 3.63) is 52.0 Å². The molecule has 168 valence electrons. The van der Waals surface area contributed by atoms with Crippen molar-refractivity contribution in [3.8, 4) is 0 Å². The molecule has 0 atom stereocenters. The van der Waals surface area contributed by atoms with Crippen LogP contribution in [-0.2, 0) is 19.5 Å². The van der Waals surface area contributed by atoms with E-state index in [1.807, 2.05) is 0 Å². The zero-order valence-corrected chi connectivity index (χ0v) is 20.1. The quantitative estimate of drug-likeness (QED) is 0.357. The van der Waals surface area contributed by atoms with Crippen LogP contribution in [0.1, 0.15) is 31.2 Å². The van der Waals surface area contributed by atoms with Crippen molar-refractivity contribution in [2.45, 2.75) is 36.7 Å². The molecule has 0 aliphatic heterocycles. The van der Waals surface area contributed by atoms with Crippen molar-refractivity contribution in [2.24, 2.45) is 5.16 Å². The van der Waals surface area contributed by atoms with Crippen LogP contribution < -0.4 is 5.32 Å². The van der Waals surface area contributed by atoms with Gasteiger partial charge in [0.15, 0.2) is 20.7 Å². The second-order valence-corrected chi connectivity index (χ2v) is 11.3. The van der Waals surface area contributed by atoms with E-state index in [9.17, 15) is 13.2 Å². The lowest BCUT2D eigenvalue weighted by molar-refractivity contribution is -0.110. The molecule has 2 aromatic carbocycles. The van der Waals surface area contributed by atoms with Crippen LogP contribution in [0.4, 0.5) is 5.13 Å². The summed E-state index contributed by atoms with van der Waals surface area (Å²) in [5, 5.41) is 7.82. The Kier molecular flexibility index (Phi) is 6.71. The molecule has 1 aliphatic rings. The summed E-state index contributed by atoms with van der Waals surface area (Å²) in [4.78, 5) is 23.1. The van der Waals surface area contributed by atoms with Gasteiger partial charge in [0.2, 0.25) is 0 Å². The Bertz CT molecular complexity index is 1320. The number of halogens is 2. The van der Waals surface area contributed by atoms with Crippen molar-refractivity contribution in [3.63, 3.8) is 0 Å². The first-order valence-corrected chi connectivity index (χ1v) is 13.3. The van der Waals surface area contributed by atoms with Gasteiger partial charge in [-0.1, -0.05) is 45.8 Å². The number of anilines is 1. The highest BCUT2D eigenvalue weighted by Crippen LogP contribution is 2.29. The number of nitrogens with zero attached hydrogens (tertiary/aromatic N) is 2. The molecular weight excluding hydrogens is 493 g/mol. The number of thiazole rings is 1. The first-order chi connectivity index (χ1) is 15.2. The number of oxime groups is 1. The van der Waals surface area contributed by atoms with Gasteiger partial charge in [0.25, 0.3) is 5.91 Å². The Hall–Kier alpha value is -2.20. The molecule has 7 nitrogen and oxygen atoms in total. The van der Waals surface area contributed by atoms with Gasteiger partial charge in [-0.15, -0.1) is 0 Å². The standard InChI is InChI=1S/C21H19Cl2N3O4S2/c1-32(28,29)18-9-6-12(10-15(18)23)19(26-30-14-4-2-3-5-14)20(27)25-21-24-16-8-7-13(22)11-17(16)31-21/h6-11,14H,2-5H2,1H3,(H,24,25,27). The molecule has 0 bridgehead atoms. The van der Waals surface area contributed by atoms with Crippen molar-refractivity contribution in [1.82, 2.24) is 4.98 Å². The van der Waals surface area contributed by atoms with Gasteiger partial charge in [-0.2, -0.15) is 0 Å². The Balaban J connectivity index is 1.65. The van der Waals surface area contributed by atoms with E-state index >= 15 is 0 Å². The number of nitrogens with one attached hydrogen (secondary N) is 1. The van der Waals surface area contributed by atoms with Gasteiger partial charge in [-0.05, 0) is 56.0 Å². The zero-order chi connectivity index (χ0) is 22.9. The summed E-state index contributed by atoms with van der Waals surface area (Å²) in [6.07, 6.45) is 4.83. The minimum absolute atomic E-state index is 0.000922. The van der Waals surface area contributed by atoms with Crippen LogP contribution in [-0.4, -0.2) is 37.4 Å². The highest BCUT2D eigenvalue weighted by Gasteiger charge is 2.22. The van der Waals surface area contributed by atoms with Gasteiger partial charge in [-0.25, -0.2) is 13.4 Å². The molecule has 11 heteroatoms. The maximum absolute atomic E-state index is 13.1. The lowest BCUT2D eigenvalue weighted by Crippen LogP contribution is -2.25. The van der Waals surface area contributed by atoms with Crippen LogP contribution in [0.5, 0.6) is 0 Å². The third kappa shape index (κ3) is 5.23.